The molecule has 2 saturated heterocycles. The van der Waals surface area contributed by atoms with E-state index in [1.807, 2.05) is 0 Å². The Morgan fingerprint density at radius 3 is 1.80 bits per heavy atom. The first kappa shape index (κ1) is 20.9. The Balaban J connectivity index is 2.15. The smallest absolute Gasteiger partial charge is 0.187 e. The van der Waals surface area contributed by atoms with Gasteiger partial charge in [0.2, 0.25) is 0 Å². The second kappa shape index (κ2) is 8.97. The van der Waals surface area contributed by atoms with E-state index in [4.69, 9.17) is 23.7 Å². The molecule has 6 N–H and O–H groups in total. The maximum atomic E-state index is 10.2. The van der Waals surface area contributed by atoms with E-state index in [0.717, 1.165) is 0 Å². The summed E-state index contributed by atoms with van der Waals surface area (Å²) < 4.78 is 26.0. The van der Waals surface area contributed by atoms with E-state index in [2.05, 4.69) is 0 Å². The standard InChI is InChI=1S/C14H26O11/c1-21-11-6(4-16)24-14(9(19)8(11)18)25-12-7(17)5(3-15)23-13(22-2)10(12)20/h5-20H,3-4H2,1-2H3/t5-,6?,7+,8+,9?,10?,11+,12?,13+,14-/m0/s1. The molecule has 0 aromatic carbocycles. The van der Waals surface area contributed by atoms with E-state index in [9.17, 15) is 30.6 Å². The molecule has 0 amide bonds. The highest BCUT2D eigenvalue weighted by molar-refractivity contribution is 4.94. The summed E-state index contributed by atoms with van der Waals surface area (Å²) >= 11 is 0. The van der Waals surface area contributed by atoms with Gasteiger partial charge in [0.1, 0.15) is 48.8 Å². The Morgan fingerprint density at radius 2 is 1.28 bits per heavy atom. The van der Waals surface area contributed by atoms with Crippen molar-refractivity contribution < 1.29 is 54.3 Å². The highest BCUT2D eigenvalue weighted by atomic mass is 16.7. The van der Waals surface area contributed by atoms with Crippen molar-refractivity contribution in [1.29, 1.82) is 0 Å². The molecule has 2 rings (SSSR count). The summed E-state index contributed by atoms with van der Waals surface area (Å²) in [5.74, 6) is 0. The van der Waals surface area contributed by atoms with Crippen LogP contribution in [-0.2, 0) is 23.7 Å². The fraction of sp³-hybridized carbons (Fsp3) is 1.00. The number of aliphatic hydroxyl groups is 6. The van der Waals surface area contributed by atoms with Crippen molar-refractivity contribution in [2.45, 2.75) is 61.4 Å². The van der Waals surface area contributed by atoms with Crippen molar-refractivity contribution in [3.63, 3.8) is 0 Å². The van der Waals surface area contributed by atoms with Crippen LogP contribution in [0.25, 0.3) is 0 Å². The minimum Gasteiger partial charge on any atom is -0.394 e. The quantitative estimate of drug-likeness (QED) is 0.269. The summed E-state index contributed by atoms with van der Waals surface area (Å²) in [6.07, 6.45) is -13.0. The Kier molecular flexibility index (Phi) is 7.49. The van der Waals surface area contributed by atoms with Crippen LogP contribution in [0.2, 0.25) is 0 Å². The van der Waals surface area contributed by atoms with Crippen LogP contribution in [0.15, 0.2) is 0 Å². The van der Waals surface area contributed by atoms with Crippen molar-refractivity contribution in [3.05, 3.63) is 0 Å². The SMILES string of the molecule is CO[C@@H]1O[C@@H](CO)[C@@H](O)C(O[C@@H]2OC(CO)[C@@H](OC)[C@H](O)C2O)C1O. The molecule has 0 aliphatic carbocycles. The monoisotopic (exact) mass is 370 g/mol. The maximum absolute atomic E-state index is 10.2. The van der Waals surface area contributed by atoms with Crippen LogP contribution in [0, 0.1) is 0 Å². The average molecular weight is 370 g/mol. The molecule has 10 atom stereocenters. The number of ether oxygens (including phenoxy) is 5. The van der Waals surface area contributed by atoms with Crippen molar-refractivity contribution >= 4 is 0 Å². The van der Waals surface area contributed by atoms with Gasteiger partial charge in [0.25, 0.3) is 0 Å². The molecular weight excluding hydrogens is 344 g/mol. The molecule has 0 spiro atoms. The van der Waals surface area contributed by atoms with Gasteiger partial charge in [-0.25, -0.2) is 0 Å². The molecule has 2 aliphatic rings. The van der Waals surface area contributed by atoms with E-state index in [0.29, 0.717) is 0 Å². The number of hydrogen-bond donors (Lipinski definition) is 6. The molecular formula is C14H26O11. The van der Waals surface area contributed by atoms with Gasteiger partial charge in [-0.2, -0.15) is 0 Å². The van der Waals surface area contributed by atoms with Crippen LogP contribution in [0.3, 0.4) is 0 Å². The van der Waals surface area contributed by atoms with E-state index in [-0.39, 0.29) is 0 Å². The zero-order valence-corrected chi connectivity index (χ0v) is 13.9. The van der Waals surface area contributed by atoms with Crippen LogP contribution in [0.5, 0.6) is 0 Å². The zero-order valence-electron chi connectivity index (χ0n) is 13.9. The summed E-state index contributed by atoms with van der Waals surface area (Å²) in [5, 5.41) is 59.4. The summed E-state index contributed by atoms with van der Waals surface area (Å²) in [4.78, 5) is 0. The Labute approximate surface area is 144 Å². The van der Waals surface area contributed by atoms with Gasteiger partial charge in [0.05, 0.1) is 13.2 Å². The van der Waals surface area contributed by atoms with Gasteiger partial charge in [0, 0.05) is 14.2 Å². The molecule has 2 fully saturated rings. The lowest BCUT2D eigenvalue weighted by Gasteiger charge is -2.46. The lowest BCUT2D eigenvalue weighted by molar-refractivity contribution is -0.359. The number of aliphatic hydroxyl groups excluding tert-OH is 6. The topological polar surface area (TPSA) is 168 Å². The van der Waals surface area contributed by atoms with Crippen LogP contribution < -0.4 is 0 Å². The molecule has 11 heteroatoms. The van der Waals surface area contributed by atoms with Crippen molar-refractivity contribution in [2.24, 2.45) is 0 Å². The third kappa shape index (κ3) is 4.12. The molecule has 2 aliphatic heterocycles. The maximum Gasteiger partial charge on any atom is 0.187 e. The van der Waals surface area contributed by atoms with Gasteiger partial charge in [0.15, 0.2) is 12.6 Å². The summed E-state index contributed by atoms with van der Waals surface area (Å²) in [6, 6.07) is 0. The summed E-state index contributed by atoms with van der Waals surface area (Å²) in [7, 11) is 2.55. The summed E-state index contributed by atoms with van der Waals surface area (Å²) in [6.45, 7) is -1.07. The molecule has 4 unspecified atom stereocenters. The van der Waals surface area contributed by atoms with Gasteiger partial charge in [-0.3, -0.25) is 0 Å². The van der Waals surface area contributed by atoms with E-state index < -0.39 is 74.6 Å². The molecule has 11 nitrogen and oxygen atoms in total. The highest BCUT2D eigenvalue weighted by Crippen LogP contribution is 2.29. The van der Waals surface area contributed by atoms with E-state index in [1.165, 1.54) is 14.2 Å². The normalized spacial score (nSPS) is 48.5. The number of rotatable bonds is 6. The van der Waals surface area contributed by atoms with Crippen LogP contribution in [0.4, 0.5) is 0 Å². The van der Waals surface area contributed by atoms with Crippen molar-refractivity contribution in [2.75, 3.05) is 27.4 Å². The lowest BCUT2D eigenvalue weighted by atomic mass is 9.97. The largest absolute Gasteiger partial charge is 0.394 e. The lowest BCUT2D eigenvalue weighted by Crippen LogP contribution is -2.65. The van der Waals surface area contributed by atoms with Crippen LogP contribution >= 0.6 is 0 Å². The van der Waals surface area contributed by atoms with Gasteiger partial charge >= 0.3 is 0 Å². The first-order valence-corrected chi connectivity index (χ1v) is 7.85. The van der Waals surface area contributed by atoms with Crippen LogP contribution in [-0.4, -0.2) is 119 Å². The second-order valence-corrected chi connectivity index (χ2v) is 5.95. The van der Waals surface area contributed by atoms with E-state index in [1.54, 1.807) is 0 Å². The van der Waals surface area contributed by atoms with Gasteiger partial charge in [-0.05, 0) is 0 Å². The molecule has 0 saturated carbocycles. The Morgan fingerprint density at radius 1 is 0.680 bits per heavy atom. The zero-order chi connectivity index (χ0) is 18.7. The molecule has 148 valence electrons. The predicted molar refractivity (Wildman–Crippen MR) is 78.2 cm³/mol. The van der Waals surface area contributed by atoms with Crippen LogP contribution in [0.1, 0.15) is 0 Å². The molecule has 25 heavy (non-hydrogen) atoms. The summed E-state index contributed by atoms with van der Waals surface area (Å²) in [5.41, 5.74) is 0. The third-order valence-electron chi connectivity index (χ3n) is 4.44. The van der Waals surface area contributed by atoms with E-state index >= 15 is 0 Å². The Bertz CT molecular complexity index is 392. The number of hydrogen-bond acceptors (Lipinski definition) is 11. The van der Waals surface area contributed by atoms with Crippen molar-refractivity contribution in [3.8, 4) is 0 Å². The molecule has 2 heterocycles. The van der Waals surface area contributed by atoms with Gasteiger partial charge < -0.3 is 54.3 Å². The second-order valence-electron chi connectivity index (χ2n) is 5.95. The average Bonchev–Trinajstić information content (AvgIpc) is 2.62. The molecule has 0 radical (unpaired) electrons. The molecule has 0 aromatic rings. The highest BCUT2D eigenvalue weighted by Gasteiger charge is 2.51. The minimum atomic E-state index is -1.57. The fourth-order valence-electron chi connectivity index (χ4n) is 3.02. The predicted octanol–water partition coefficient (Wildman–Crippen LogP) is -4.09. The van der Waals surface area contributed by atoms with Gasteiger partial charge in [-0.1, -0.05) is 0 Å². The fourth-order valence-corrected chi connectivity index (χ4v) is 3.02. The molecule has 0 bridgehead atoms. The first-order chi connectivity index (χ1) is 11.9. The molecule has 0 aromatic heterocycles. The first-order valence-electron chi connectivity index (χ1n) is 7.85. The van der Waals surface area contributed by atoms with Gasteiger partial charge in [-0.15, -0.1) is 0 Å². The van der Waals surface area contributed by atoms with Crippen molar-refractivity contribution in [1.82, 2.24) is 0 Å². The third-order valence-corrected chi connectivity index (χ3v) is 4.44. The minimum absolute atomic E-state index is 0.513. The number of methoxy groups -OCH3 is 2. The Hall–Kier alpha value is -0.440.